The summed E-state index contributed by atoms with van der Waals surface area (Å²) in [6.45, 7) is 7.08. The Balaban J connectivity index is 1.46. The second kappa shape index (κ2) is 6.13. The van der Waals surface area contributed by atoms with E-state index in [1.807, 2.05) is 0 Å². The molecule has 4 nitrogen and oxygen atoms in total. The van der Waals surface area contributed by atoms with Crippen molar-refractivity contribution >= 4 is 6.09 Å². The first-order chi connectivity index (χ1) is 10.6. The summed E-state index contributed by atoms with van der Waals surface area (Å²) in [7, 11) is 1.74. The third-order valence-corrected chi connectivity index (χ3v) is 4.93. The van der Waals surface area contributed by atoms with Gasteiger partial charge in [0.15, 0.2) is 5.60 Å². The molecule has 1 spiro atoms. The summed E-state index contributed by atoms with van der Waals surface area (Å²) in [6.07, 6.45) is 3.73. The molecule has 0 aromatic heterocycles. The molecule has 118 valence electrons. The lowest BCUT2D eigenvalue weighted by Crippen LogP contribution is -2.45. The molecule has 0 aliphatic carbocycles. The van der Waals surface area contributed by atoms with E-state index < -0.39 is 5.60 Å². The van der Waals surface area contributed by atoms with E-state index in [0.29, 0.717) is 0 Å². The van der Waals surface area contributed by atoms with Crippen molar-refractivity contribution in [1.29, 1.82) is 0 Å². The van der Waals surface area contributed by atoms with Gasteiger partial charge in [-0.3, -0.25) is 4.90 Å². The van der Waals surface area contributed by atoms with Crippen LogP contribution in [-0.2, 0) is 11.2 Å². The zero-order chi connectivity index (χ0) is 15.6. The molecule has 2 aliphatic rings. The minimum atomic E-state index is -0.443. The van der Waals surface area contributed by atoms with Crippen LogP contribution in [-0.4, -0.2) is 48.2 Å². The number of carbonyl (C=O) groups excluding carboxylic acids is 1. The van der Waals surface area contributed by atoms with Gasteiger partial charge in [0, 0.05) is 33.0 Å². The number of amides is 1. The van der Waals surface area contributed by atoms with E-state index in [4.69, 9.17) is 4.74 Å². The van der Waals surface area contributed by atoms with Gasteiger partial charge in [-0.05, 0) is 24.9 Å². The van der Waals surface area contributed by atoms with Crippen LogP contribution in [0.2, 0.25) is 0 Å². The Kier molecular flexibility index (Phi) is 4.21. The lowest BCUT2D eigenvalue weighted by molar-refractivity contribution is 0.0146. The molecular weight excluding hydrogens is 276 g/mol. The zero-order valence-corrected chi connectivity index (χ0v) is 13.3. The number of ether oxygens (including phenoxy) is 1. The fourth-order valence-corrected chi connectivity index (χ4v) is 3.39. The van der Waals surface area contributed by atoms with Gasteiger partial charge < -0.3 is 9.64 Å². The SMILES string of the molecule is C=C1N(C)C(=O)OC12CCN(CCCc1ccccc1)CC2. The molecule has 1 aromatic rings. The van der Waals surface area contributed by atoms with Gasteiger partial charge in [-0.25, -0.2) is 4.79 Å². The van der Waals surface area contributed by atoms with E-state index in [0.717, 1.165) is 51.0 Å². The number of nitrogens with zero attached hydrogens (tertiary/aromatic N) is 2. The molecule has 0 bridgehead atoms. The highest BCUT2D eigenvalue weighted by Gasteiger charge is 2.48. The molecule has 1 aromatic carbocycles. The molecule has 2 heterocycles. The molecule has 2 aliphatic heterocycles. The van der Waals surface area contributed by atoms with E-state index in [1.165, 1.54) is 5.56 Å². The van der Waals surface area contributed by atoms with Crippen LogP contribution in [0.3, 0.4) is 0 Å². The fourth-order valence-electron chi connectivity index (χ4n) is 3.39. The quantitative estimate of drug-likeness (QED) is 0.857. The molecule has 3 rings (SSSR count). The van der Waals surface area contributed by atoms with Crippen LogP contribution in [0.15, 0.2) is 42.6 Å². The molecule has 2 saturated heterocycles. The Hall–Kier alpha value is -1.81. The van der Waals surface area contributed by atoms with Gasteiger partial charge in [0.2, 0.25) is 0 Å². The van der Waals surface area contributed by atoms with Crippen LogP contribution in [0.1, 0.15) is 24.8 Å². The van der Waals surface area contributed by atoms with E-state index in [2.05, 4.69) is 41.8 Å². The third-order valence-electron chi connectivity index (χ3n) is 4.93. The van der Waals surface area contributed by atoms with Crippen LogP contribution >= 0.6 is 0 Å². The van der Waals surface area contributed by atoms with Gasteiger partial charge in [-0.1, -0.05) is 36.9 Å². The summed E-state index contributed by atoms with van der Waals surface area (Å²) >= 11 is 0. The average Bonchev–Trinajstić information content (AvgIpc) is 2.75. The first-order valence-corrected chi connectivity index (χ1v) is 8.03. The Bertz CT molecular complexity index is 547. The summed E-state index contributed by atoms with van der Waals surface area (Å²) in [5.74, 6) is 0. The Labute approximate surface area is 132 Å². The molecule has 0 N–H and O–H groups in total. The minimum Gasteiger partial charge on any atom is -0.436 e. The van der Waals surface area contributed by atoms with Gasteiger partial charge in [-0.15, -0.1) is 0 Å². The lowest BCUT2D eigenvalue weighted by atomic mass is 9.88. The highest BCUT2D eigenvalue weighted by molar-refractivity contribution is 5.74. The maximum atomic E-state index is 11.7. The largest absolute Gasteiger partial charge is 0.436 e. The molecule has 0 unspecified atom stereocenters. The first-order valence-electron chi connectivity index (χ1n) is 8.03. The molecule has 1 amide bonds. The standard InChI is InChI=1S/C18H24N2O2/c1-15-18(22-17(21)19(15)2)10-13-20(14-11-18)12-6-9-16-7-4-3-5-8-16/h3-5,7-8H,1,6,9-14H2,2H3. The molecular formula is C18H24N2O2. The van der Waals surface area contributed by atoms with Crippen molar-refractivity contribution in [2.45, 2.75) is 31.3 Å². The second-order valence-electron chi connectivity index (χ2n) is 6.30. The topological polar surface area (TPSA) is 32.8 Å². The van der Waals surface area contributed by atoms with Gasteiger partial charge in [0.25, 0.3) is 0 Å². The normalized spacial score (nSPS) is 21.4. The summed E-state index contributed by atoms with van der Waals surface area (Å²) in [4.78, 5) is 15.7. The van der Waals surface area contributed by atoms with E-state index in [1.54, 1.807) is 11.9 Å². The van der Waals surface area contributed by atoms with Gasteiger partial charge >= 0.3 is 6.09 Å². The minimum absolute atomic E-state index is 0.262. The Morgan fingerprint density at radius 3 is 2.50 bits per heavy atom. The molecule has 0 atom stereocenters. The van der Waals surface area contributed by atoms with Gasteiger partial charge in [0.1, 0.15) is 0 Å². The molecule has 4 heteroatoms. The number of likely N-dealkylation sites (N-methyl/N-ethyl adjacent to an activating group) is 1. The van der Waals surface area contributed by atoms with Crippen molar-refractivity contribution in [1.82, 2.24) is 9.80 Å². The smallest absolute Gasteiger partial charge is 0.414 e. The fraction of sp³-hybridized carbons (Fsp3) is 0.500. The summed E-state index contributed by atoms with van der Waals surface area (Å²) < 4.78 is 5.60. The van der Waals surface area contributed by atoms with Crippen molar-refractivity contribution in [2.24, 2.45) is 0 Å². The van der Waals surface area contributed by atoms with E-state index >= 15 is 0 Å². The van der Waals surface area contributed by atoms with Gasteiger partial charge in [-0.2, -0.15) is 0 Å². The third kappa shape index (κ3) is 2.88. The highest BCUT2D eigenvalue weighted by atomic mass is 16.6. The number of aryl methyl sites for hydroxylation is 1. The second-order valence-corrected chi connectivity index (χ2v) is 6.30. The van der Waals surface area contributed by atoms with E-state index in [9.17, 15) is 4.79 Å². The maximum absolute atomic E-state index is 11.7. The van der Waals surface area contributed by atoms with Crippen molar-refractivity contribution in [3.05, 3.63) is 48.2 Å². The summed E-state index contributed by atoms with van der Waals surface area (Å²) in [6, 6.07) is 10.6. The van der Waals surface area contributed by atoms with Crippen LogP contribution in [0.4, 0.5) is 4.79 Å². The van der Waals surface area contributed by atoms with Crippen molar-refractivity contribution in [3.63, 3.8) is 0 Å². The summed E-state index contributed by atoms with van der Waals surface area (Å²) in [5.41, 5.74) is 1.78. The number of hydrogen-bond donors (Lipinski definition) is 0. The molecule has 0 radical (unpaired) electrons. The van der Waals surface area contributed by atoms with E-state index in [-0.39, 0.29) is 6.09 Å². The van der Waals surface area contributed by atoms with Crippen LogP contribution < -0.4 is 0 Å². The number of likely N-dealkylation sites (tertiary alicyclic amines) is 1. The van der Waals surface area contributed by atoms with Crippen LogP contribution in [0.5, 0.6) is 0 Å². The Morgan fingerprint density at radius 2 is 1.91 bits per heavy atom. The van der Waals surface area contributed by atoms with Crippen molar-refractivity contribution < 1.29 is 9.53 Å². The van der Waals surface area contributed by atoms with Crippen LogP contribution in [0.25, 0.3) is 0 Å². The number of rotatable bonds is 4. The predicted molar refractivity (Wildman–Crippen MR) is 86.6 cm³/mol. The Morgan fingerprint density at radius 1 is 1.23 bits per heavy atom. The van der Waals surface area contributed by atoms with Gasteiger partial charge in [0.05, 0.1) is 5.70 Å². The summed E-state index contributed by atoms with van der Waals surface area (Å²) in [5, 5.41) is 0. The monoisotopic (exact) mass is 300 g/mol. The first kappa shape index (κ1) is 15.1. The molecule has 0 saturated carbocycles. The molecule has 2 fully saturated rings. The number of piperidine rings is 1. The predicted octanol–water partition coefficient (Wildman–Crippen LogP) is 3.05. The van der Waals surface area contributed by atoms with Crippen molar-refractivity contribution in [3.8, 4) is 0 Å². The maximum Gasteiger partial charge on any atom is 0.414 e. The molecule has 22 heavy (non-hydrogen) atoms. The number of hydrogen-bond acceptors (Lipinski definition) is 3. The highest BCUT2D eigenvalue weighted by Crippen LogP contribution is 2.39. The zero-order valence-electron chi connectivity index (χ0n) is 13.3. The lowest BCUT2D eigenvalue weighted by Gasteiger charge is -2.38. The number of benzene rings is 1. The van der Waals surface area contributed by atoms with Crippen molar-refractivity contribution in [2.75, 3.05) is 26.7 Å². The van der Waals surface area contributed by atoms with Crippen LogP contribution in [0, 0.1) is 0 Å². The number of carbonyl (C=O) groups is 1. The average molecular weight is 300 g/mol.